The summed E-state index contributed by atoms with van der Waals surface area (Å²) in [5.41, 5.74) is 3.03. The van der Waals surface area contributed by atoms with Gasteiger partial charge < -0.3 is 9.91 Å². The standard InChI is InChI=1S/C17H31N3/c1-4-5-6-7-10-17-16(2)9-8-11-20(17)19-14-12-18(3)13-15-19/h8-9H,4-7,10-15H2,1-3H3. The van der Waals surface area contributed by atoms with Crippen molar-refractivity contribution in [2.75, 3.05) is 39.8 Å². The number of hydrazine groups is 1. The third-order valence-corrected chi connectivity index (χ3v) is 4.50. The van der Waals surface area contributed by atoms with E-state index in [0.29, 0.717) is 0 Å². The summed E-state index contributed by atoms with van der Waals surface area (Å²) in [6, 6.07) is 0. The molecule has 0 spiro atoms. The smallest absolute Gasteiger partial charge is 0.0527 e. The molecule has 1 fully saturated rings. The Hall–Kier alpha value is -0.800. The van der Waals surface area contributed by atoms with Crippen LogP contribution in [-0.2, 0) is 0 Å². The molecule has 0 aromatic carbocycles. The number of allylic oxidation sites excluding steroid dienone is 3. The first kappa shape index (κ1) is 15.6. The van der Waals surface area contributed by atoms with Gasteiger partial charge in [0, 0.05) is 31.9 Å². The summed E-state index contributed by atoms with van der Waals surface area (Å²) in [4.78, 5) is 2.42. The molecule has 2 aliphatic heterocycles. The van der Waals surface area contributed by atoms with E-state index >= 15 is 0 Å². The van der Waals surface area contributed by atoms with Gasteiger partial charge in [-0.25, -0.2) is 5.01 Å². The van der Waals surface area contributed by atoms with Crippen LogP contribution in [0, 0.1) is 0 Å². The summed E-state index contributed by atoms with van der Waals surface area (Å²) in [7, 11) is 2.22. The number of unbranched alkanes of at least 4 members (excludes halogenated alkanes) is 3. The quantitative estimate of drug-likeness (QED) is 0.690. The van der Waals surface area contributed by atoms with Gasteiger partial charge in [-0.2, -0.15) is 0 Å². The highest BCUT2D eigenvalue weighted by atomic mass is 15.6. The zero-order valence-electron chi connectivity index (χ0n) is 13.6. The molecule has 0 radical (unpaired) electrons. The highest BCUT2D eigenvalue weighted by molar-refractivity contribution is 5.27. The van der Waals surface area contributed by atoms with Gasteiger partial charge in [-0.1, -0.05) is 38.3 Å². The van der Waals surface area contributed by atoms with Crippen LogP contribution in [0.2, 0.25) is 0 Å². The summed E-state index contributed by atoms with van der Waals surface area (Å²) >= 11 is 0. The van der Waals surface area contributed by atoms with Gasteiger partial charge in [0.15, 0.2) is 0 Å². The molecule has 0 aliphatic carbocycles. The lowest BCUT2D eigenvalue weighted by Crippen LogP contribution is -2.53. The van der Waals surface area contributed by atoms with Gasteiger partial charge in [-0.3, -0.25) is 0 Å². The second kappa shape index (κ2) is 7.84. The average molecular weight is 277 g/mol. The second-order valence-corrected chi connectivity index (χ2v) is 6.18. The predicted octanol–water partition coefficient (Wildman–Crippen LogP) is 3.27. The molecule has 1 saturated heterocycles. The summed E-state index contributed by atoms with van der Waals surface area (Å²) in [5.74, 6) is 0. The minimum Gasteiger partial charge on any atom is -0.306 e. The number of hydrogen-bond acceptors (Lipinski definition) is 3. The maximum Gasteiger partial charge on any atom is 0.0527 e. The van der Waals surface area contributed by atoms with Crippen molar-refractivity contribution in [3.63, 3.8) is 0 Å². The lowest BCUT2D eigenvalue weighted by atomic mass is 10.0. The van der Waals surface area contributed by atoms with Crippen molar-refractivity contribution in [3.05, 3.63) is 23.4 Å². The van der Waals surface area contributed by atoms with Crippen molar-refractivity contribution in [2.24, 2.45) is 0 Å². The third kappa shape index (κ3) is 4.10. The first-order chi connectivity index (χ1) is 9.72. The predicted molar refractivity (Wildman–Crippen MR) is 86.4 cm³/mol. The summed E-state index contributed by atoms with van der Waals surface area (Å²) in [5, 5.41) is 5.11. The molecule has 0 bridgehead atoms. The molecule has 3 heteroatoms. The molecule has 0 unspecified atom stereocenters. The molecule has 2 aliphatic rings. The van der Waals surface area contributed by atoms with E-state index in [1.165, 1.54) is 50.8 Å². The Morgan fingerprint density at radius 3 is 2.50 bits per heavy atom. The topological polar surface area (TPSA) is 9.72 Å². The van der Waals surface area contributed by atoms with Gasteiger partial charge in [0.25, 0.3) is 0 Å². The first-order valence-electron chi connectivity index (χ1n) is 8.29. The molecule has 20 heavy (non-hydrogen) atoms. The van der Waals surface area contributed by atoms with E-state index in [0.717, 1.165) is 19.6 Å². The minimum absolute atomic E-state index is 1.06. The Labute approximate surface area is 124 Å². The molecule has 114 valence electrons. The highest BCUT2D eigenvalue weighted by Crippen LogP contribution is 2.25. The number of rotatable bonds is 6. The van der Waals surface area contributed by atoms with Crippen molar-refractivity contribution in [2.45, 2.75) is 46.0 Å². The maximum absolute atomic E-state index is 2.56. The third-order valence-electron chi connectivity index (χ3n) is 4.50. The van der Waals surface area contributed by atoms with Crippen LogP contribution in [0.25, 0.3) is 0 Å². The van der Waals surface area contributed by atoms with E-state index in [9.17, 15) is 0 Å². The average Bonchev–Trinajstić information content (AvgIpc) is 2.46. The summed E-state index contributed by atoms with van der Waals surface area (Å²) < 4.78 is 0. The van der Waals surface area contributed by atoms with Crippen LogP contribution >= 0.6 is 0 Å². The van der Waals surface area contributed by atoms with Crippen molar-refractivity contribution in [3.8, 4) is 0 Å². The summed E-state index contributed by atoms with van der Waals surface area (Å²) in [6.45, 7) is 10.3. The molecule has 0 atom stereocenters. The molecular formula is C17H31N3. The molecule has 3 nitrogen and oxygen atoms in total. The van der Waals surface area contributed by atoms with Gasteiger partial charge in [-0.15, -0.1) is 0 Å². The molecule has 2 rings (SSSR count). The van der Waals surface area contributed by atoms with Crippen molar-refractivity contribution >= 4 is 0 Å². The largest absolute Gasteiger partial charge is 0.306 e. The van der Waals surface area contributed by atoms with Crippen LogP contribution < -0.4 is 0 Å². The molecule has 0 amide bonds. The minimum atomic E-state index is 1.06. The SMILES string of the molecule is CCCCCCC1=C(C)C=CCN1N1CCN(C)CC1. The van der Waals surface area contributed by atoms with Gasteiger partial charge in [0.1, 0.15) is 0 Å². The molecule has 2 heterocycles. The van der Waals surface area contributed by atoms with Crippen LogP contribution in [0.4, 0.5) is 0 Å². The monoisotopic (exact) mass is 277 g/mol. The Bertz CT molecular complexity index is 351. The van der Waals surface area contributed by atoms with Crippen LogP contribution in [-0.4, -0.2) is 54.7 Å². The zero-order valence-corrected chi connectivity index (χ0v) is 13.6. The number of piperazine rings is 1. The van der Waals surface area contributed by atoms with E-state index in [-0.39, 0.29) is 0 Å². The lowest BCUT2D eigenvalue weighted by Gasteiger charge is -2.43. The second-order valence-electron chi connectivity index (χ2n) is 6.18. The number of nitrogens with zero attached hydrogens (tertiary/aromatic N) is 3. The van der Waals surface area contributed by atoms with Crippen molar-refractivity contribution < 1.29 is 0 Å². The normalized spacial score (nSPS) is 21.9. The van der Waals surface area contributed by atoms with Crippen molar-refractivity contribution in [1.82, 2.24) is 14.9 Å². The fourth-order valence-corrected chi connectivity index (χ4v) is 3.11. The van der Waals surface area contributed by atoms with Crippen LogP contribution in [0.5, 0.6) is 0 Å². The lowest BCUT2D eigenvalue weighted by molar-refractivity contribution is -0.0225. The van der Waals surface area contributed by atoms with Gasteiger partial charge >= 0.3 is 0 Å². The molecule has 0 aromatic rings. The van der Waals surface area contributed by atoms with Gasteiger partial charge in [-0.05, 0) is 32.4 Å². The van der Waals surface area contributed by atoms with E-state index in [2.05, 4.69) is 48.0 Å². The molecule has 0 N–H and O–H groups in total. The maximum atomic E-state index is 2.56. The molecular weight excluding hydrogens is 246 g/mol. The fourth-order valence-electron chi connectivity index (χ4n) is 3.11. The summed E-state index contributed by atoms with van der Waals surface area (Å²) in [6.07, 6.45) is 11.2. The Kier molecular flexibility index (Phi) is 6.11. The first-order valence-corrected chi connectivity index (χ1v) is 8.29. The Morgan fingerprint density at radius 2 is 1.80 bits per heavy atom. The van der Waals surface area contributed by atoms with E-state index in [4.69, 9.17) is 0 Å². The van der Waals surface area contributed by atoms with E-state index in [1.54, 1.807) is 5.70 Å². The molecule has 0 saturated carbocycles. The Balaban J connectivity index is 1.94. The number of likely N-dealkylation sites (N-methyl/N-ethyl adjacent to an activating group) is 1. The van der Waals surface area contributed by atoms with Gasteiger partial charge in [0.05, 0.1) is 6.54 Å². The van der Waals surface area contributed by atoms with Crippen LogP contribution in [0.15, 0.2) is 23.4 Å². The fraction of sp³-hybridized carbons (Fsp3) is 0.765. The van der Waals surface area contributed by atoms with E-state index < -0.39 is 0 Å². The zero-order chi connectivity index (χ0) is 14.4. The van der Waals surface area contributed by atoms with Crippen molar-refractivity contribution in [1.29, 1.82) is 0 Å². The molecule has 0 aromatic heterocycles. The van der Waals surface area contributed by atoms with Gasteiger partial charge in [0.2, 0.25) is 0 Å². The Morgan fingerprint density at radius 1 is 1.05 bits per heavy atom. The number of hydrogen-bond donors (Lipinski definition) is 0. The van der Waals surface area contributed by atoms with Crippen LogP contribution in [0.1, 0.15) is 46.0 Å². The highest BCUT2D eigenvalue weighted by Gasteiger charge is 2.23. The van der Waals surface area contributed by atoms with Crippen LogP contribution in [0.3, 0.4) is 0 Å². The van der Waals surface area contributed by atoms with E-state index in [1.807, 2.05) is 0 Å².